The van der Waals surface area contributed by atoms with Crippen molar-refractivity contribution in [1.82, 2.24) is 4.98 Å². The van der Waals surface area contributed by atoms with Crippen LogP contribution < -0.4 is 5.43 Å². The van der Waals surface area contributed by atoms with Crippen molar-refractivity contribution in [3.05, 3.63) is 77.0 Å². The molecule has 0 aliphatic heterocycles. The molecule has 1 aliphatic carbocycles. The molecule has 0 bridgehead atoms. The van der Waals surface area contributed by atoms with Gasteiger partial charge in [0.25, 0.3) is 0 Å². The van der Waals surface area contributed by atoms with E-state index in [0.717, 1.165) is 0 Å². The molecule has 1 aliphatic rings. The fourth-order valence-corrected chi connectivity index (χ4v) is 2.50. The molecule has 0 fully saturated rings. The summed E-state index contributed by atoms with van der Waals surface area (Å²) in [4.78, 5) is 17.1. The lowest BCUT2D eigenvalue weighted by atomic mass is 9.91. The number of hydrogen-bond donors (Lipinski definition) is 0. The monoisotopic (exact) mass is 309 g/mol. The van der Waals surface area contributed by atoms with Gasteiger partial charge in [0.1, 0.15) is 17.7 Å². The predicted molar refractivity (Wildman–Crippen MR) is 89.5 cm³/mol. The number of aromatic nitrogens is 1. The molecule has 0 saturated carbocycles. The SMILES string of the molecule is C=Cc1occ(-c2ccccn2)c(=O)c1C1=CCC(C)(F)C=C1. The summed E-state index contributed by atoms with van der Waals surface area (Å²) in [6.45, 7) is 5.18. The minimum Gasteiger partial charge on any atom is -0.463 e. The van der Waals surface area contributed by atoms with E-state index in [0.29, 0.717) is 28.2 Å². The Balaban J connectivity index is 2.17. The van der Waals surface area contributed by atoms with Gasteiger partial charge in [-0.05, 0) is 36.8 Å². The Morgan fingerprint density at radius 3 is 2.87 bits per heavy atom. The first-order valence-electron chi connectivity index (χ1n) is 7.30. The smallest absolute Gasteiger partial charge is 0.202 e. The Hall–Kier alpha value is -2.75. The van der Waals surface area contributed by atoms with E-state index >= 15 is 0 Å². The van der Waals surface area contributed by atoms with Crippen molar-refractivity contribution < 1.29 is 8.81 Å². The highest BCUT2D eigenvalue weighted by Crippen LogP contribution is 2.30. The lowest BCUT2D eigenvalue weighted by Gasteiger charge is -2.19. The van der Waals surface area contributed by atoms with E-state index in [-0.39, 0.29) is 11.8 Å². The second-order valence-electron chi connectivity index (χ2n) is 5.61. The predicted octanol–water partition coefficient (Wildman–Crippen LogP) is 4.42. The summed E-state index contributed by atoms with van der Waals surface area (Å²) < 4.78 is 19.5. The van der Waals surface area contributed by atoms with Gasteiger partial charge in [0.15, 0.2) is 0 Å². The summed E-state index contributed by atoms with van der Waals surface area (Å²) in [7, 11) is 0. The lowest BCUT2D eigenvalue weighted by Crippen LogP contribution is -2.18. The summed E-state index contributed by atoms with van der Waals surface area (Å²) in [5.74, 6) is 0.369. The molecule has 1 unspecified atom stereocenters. The molecule has 23 heavy (non-hydrogen) atoms. The zero-order valence-electron chi connectivity index (χ0n) is 12.8. The zero-order valence-corrected chi connectivity index (χ0v) is 12.8. The van der Waals surface area contributed by atoms with Gasteiger partial charge in [-0.3, -0.25) is 9.78 Å². The summed E-state index contributed by atoms with van der Waals surface area (Å²) in [5.41, 5.74) is 0.332. The van der Waals surface area contributed by atoms with Crippen molar-refractivity contribution >= 4 is 11.6 Å². The van der Waals surface area contributed by atoms with E-state index in [1.54, 1.807) is 36.5 Å². The number of alkyl halides is 1. The van der Waals surface area contributed by atoms with Gasteiger partial charge >= 0.3 is 0 Å². The first-order chi connectivity index (χ1) is 11.0. The van der Waals surface area contributed by atoms with Gasteiger partial charge in [-0.1, -0.05) is 24.8 Å². The highest BCUT2D eigenvalue weighted by Gasteiger charge is 2.24. The van der Waals surface area contributed by atoms with Gasteiger partial charge in [-0.15, -0.1) is 0 Å². The maximum atomic E-state index is 13.9. The fourth-order valence-electron chi connectivity index (χ4n) is 2.50. The highest BCUT2D eigenvalue weighted by molar-refractivity contribution is 5.81. The topological polar surface area (TPSA) is 43.1 Å². The molecule has 0 saturated heterocycles. The van der Waals surface area contributed by atoms with Gasteiger partial charge in [0, 0.05) is 12.6 Å². The van der Waals surface area contributed by atoms with Crippen LogP contribution in [-0.4, -0.2) is 10.7 Å². The molecule has 0 aromatic carbocycles. The van der Waals surface area contributed by atoms with Crippen LogP contribution in [0.2, 0.25) is 0 Å². The molecular formula is C19H16FNO2. The van der Waals surface area contributed by atoms with Crippen molar-refractivity contribution in [3.8, 4) is 11.3 Å². The number of rotatable bonds is 3. The third-order valence-corrected chi connectivity index (χ3v) is 3.77. The Labute approximate surface area is 133 Å². The average molecular weight is 309 g/mol. The molecule has 0 spiro atoms. The number of hydrogen-bond acceptors (Lipinski definition) is 3. The molecular weight excluding hydrogens is 293 g/mol. The van der Waals surface area contributed by atoms with Gasteiger partial charge in [-0.2, -0.15) is 0 Å². The summed E-state index contributed by atoms with van der Waals surface area (Å²) in [6, 6.07) is 5.32. The average Bonchev–Trinajstić information content (AvgIpc) is 2.56. The first-order valence-corrected chi connectivity index (χ1v) is 7.30. The fraction of sp³-hybridized carbons (Fsp3) is 0.158. The van der Waals surface area contributed by atoms with E-state index in [1.807, 2.05) is 0 Å². The molecule has 1 atom stereocenters. The number of nitrogens with zero attached hydrogens (tertiary/aromatic N) is 1. The molecule has 0 N–H and O–H groups in total. The molecule has 0 radical (unpaired) electrons. The van der Waals surface area contributed by atoms with Crippen LogP contribution in [0, 0.1) is 0 Å². The van der Waals surface area contributed by atoms with Crippen molar-refractivity contribution in [2.45, 2.75) is 19.0 Å². The van der Waals surface area contributed by atoms with Crippen LogP contribution in [0.4, 0.5) is 4.39 Å². The van der Waals surface area contributed by atoms with E-state index in [2.05, 4.69) is 11.6 Å². The van der Waals surface area contributed by atoms with Gasteiger partial charge in [-0.25, -0.2) is 4.39 Å². The minimum absolute atomic E-state index is 0.205. The number of pyridine rings is 1. The van der Waals surface area contributed by atoms with Crippen LogP contribution in [-0.2, 0) is 0 Å². The molecule has 2 aromatic heterocycles. The van der Waals surface area contributed by atoms with Gasteiger partial charge < -0.3 is 4.42 Å². The standard InChI is InChI=1S/C19H16FNO2/c1-3-16-17(13-7-9-19(2,20)10-8-13)18(22)14(12-23-16)15-6-4-5-11-21-15/h3-9,11-12H,1,10H2,2H3. The van der Waals surface area contributed by atoms with Crippen molar-refractivity contribution in [2.75, 3.05) is 0 Å². The third-order valence-electron chi connectivity index (χ3n) is 3.77. The van der Waals surface area contributed by atoms with Crippen LogP contribution in [0.3, 0.4) is 0 Å². The molecule has 3 rings (SSSR count). The molecule has 4 heteroatoms. The zero-order chi connectivity index (χ0) is 16.4. The lowest BCUT2D eigenvalue weighted by molar-refractivity contribution is 0.260. The van der Waals surface area contributed by atoms with Crippen LogP contribution in [0.1, 0.15) is 24.7 Å². The van der Waals surface area contributed by atoms with Crippen molar-refractivity contribution in [2.24, 2.45) is 0 Å². The van der Waals surface area contributed by atoms with Crippen molar-refractivity contribution in [1.29, 1.82) is 0 Å². The van der Waals surface area contributed by atoms with Crippen LogP contribution in [0.5, 0.6) is 0 Å². The maximum absolute atomic E-state index is 13.9. The highest BCUT2D eigenvalue weighted by atomic mass is 19.1. The Morgan fingerprint density at radius 1 is 1.43 bits per heavy atom. The Kier molecular flexibility index (Phi) is 3.82. The second kappa shape index (κ2) is 5.80. The van der Waals surface area contributed by atoms with Crippen LogP contribution >= 0.6 is 0 Å². The molecule has 3 nitrogen and oxygen atoms in total. The minimum atomic E-state index is -1.39. The normalized spacial score (nSPS) is 20.2. The number of allylic oxidation sites excluding steroid dienone is 4. The van der Waals surface area contributed by atoms with E-state index in [9.17, 15) is 9.18 Å². The second-order valence-corrected chi connectivity index (χ2v) is 5.61. The summed E-state index contributed by atoms with van der Waals surface area (Å²) in [6.07, 6.45) is 9.48. The van der Waals surface area contributed by atoms with Gasteiger partial charge in [0.2, 0.25) is 5.43 Å². The molecule has 2 heterocycles. The van der Waals surface area contributed by atoms with E-state index < -0.39 is 5.67 Å². The Bertz CT molecular complexity index is 861. The van der Waals surface area contributed by atoms with Crippen molar-refractivity contribution in [3.63, 3.8) is 0 Å². The molecule has 0 amide bonds. The summed E-state index contributed by atoms with van der Waals surface area (Å²) in [5, 5.41) is 0. The van der Waals surface area contributed by atoms with Crippen LogP contribution in [0.25, 0.3) is 22.9 Å². The number of halogens is 1. The van der Waals surface area contributed by atoms with E-state index in [1.165, 1.54) is 25.3 Å². The molecule has 2 aromatic rings. The quantitative estimate of drug-likeness (QED) is 0.843. The van der Waals surface area contributed by atoms with Crippen LogP contribution in [0.15, 0.2) is 64.7 Å². The third kappa shape index (κ3) is 2.93. The maximum Gasteiger partial charge on any atom is 0.202 e. The Morgan fingerprint density at radius 2 is 2.26 bits per heavy atom. The van der Waals surface area contributed by atoms with Gasteiger partial charge in [0.05, 0.1) is 16.8 Å². The summed E-state index contributed by atoms with van der Waals surface area (Å²) >= 11 is 0. The molecule has 116 valence electrons. The largest absolute Gasteiger partial charge is 0.463 e. The first kappa shape index (κ1) is 15.2. The van der Waals surface area contributed by atoms with E-state index in [4.69, 9.17) is 4.42 Å².